The summed E-state index contributed by atoms with van der Waals surface area (Å²) >= 11 is 4.79. The van der Waals surface area contributed by atoms with Crippen molar-refractivity contribution in [2.75, 3.05) is 13.7 Å². The molecule has 20 heavy (non-hydrogen) atoms. The van der Waals surface area contributed by atoms with Crippen LogP contribution in [0.25, 0.3) is 0 Å². The Bertz CT molecular complexity index is 558. The van der Waals surface area contributed by atoms with Gasteiger partial charge in [-0.05, 0) is 24.5 Å². The summed E-state index contributed by atoms with van der Waals surface area (Å²) in [7, 11) is -1.93. The minimum atomic E-state index is -3.52. The van der Waals surface area contributed by atoms with Crippen molar-refractivity contribution in [2.45, 2.75) is 25.0 Å². The number of ether oxygens (including phenoxy) is 1. The number of para-hydroxylation sites is 1. The number of thiocarbonyl (C=S) groups is 1. The van der Waals surface area contributed by atoms with Gasteiger partial charge in [-0.15, -0.1) is 0 Å². The van der Waals surface area contributed by atoms with Crippen LogP contribution in [0.4, 0.5) is 0 Å². The first-order valence-corrected chi connectivity index (χ1v) is 8.27. The van der Waals surface area contributed by atoms with E-state index < -0.39 is 15.3 Å². The molecule has 1 aromatic carbocycles. The van der Waals surface area contributed by atoms with Crippen molar-refractivity contribution in [3.8, 4) is 5.75 Å². The average molecular weight is 316 g/mol. The van der Waals surface area contributed by atoms with Crippen LogP contribution in [0.3, 0.4) is 0 Å². The molecule has 0 aliphatic carbocycles. The van der Waals surface area contributed by atoms with E-state index in [1.807, 2.05) is 24.3 Å². The van der Waals surface area contributed by atoms with E-state index in [0.29, 0.717) is 12.8 Å². The molecule has 0 spiro atoms. The van der Waals surface area contributed by atoms with E-state index in [-0.39, 0.29) is 11.5 Å². The number of hydrogen-bond acceptors (Lipinski definition) is 4. The fraction of sp³-hybridized carbons (Fsp3) is 0.462. The minimum absolute atomic E-state index is 0.00251. The molecule has 0 aliphatic rings. The second kappa shape index (κ2) is 7.56. The maximum Gasteiger partial charge on any atom is 0.221 e. The number of rotatable bonds is 8. The molecule has 0 aromatic heterocycles. The maximum absolute atomic E-state index is 12.0. The van der Waals surface area contributed by atoms with E-state index in [4.69, 9.17) is 22.7 Å². The molecule has 7 heteroatoms. The lowest BCUT2D eigenvalue weighted by atomic mass is 10.1. The van der Waals surface area contributed by atoms with Crippen LogP contribution in [-0.2, 0) is 16.4 Å². The van der Waals surface area contributed by atoms with Gasteiger partial charge >= 0.3 is 0 Å². The predicted molar refractivity (Wildman–Crippen MR) is 84.5 cm³/mol. The average Bonchev–Trinajstić information content (AvgIpc) is 2.39. The van der Waals surface area contributed by atoms with Crippen LogP contribution in [0.1, 0.15) is 18.9 Å². The Balaban J connectivity index is 2.66. The summed E-state index contributed by atoms with van der Waals surface area (Å²) in [5.74, 6) is 0.744. The summed E-state index contributed by atoms with van der Waals surface area (Å²) < 4.78 is 31.8. The van der Waals surface area contributed by atoms with Crippen molar-refractivity contribution in [3.63, 3.8) is 0 Å². The van der Waals surface area contributed by atoms with Crippen LogP contribution in [0, 0.1) is 0 Å². The number of sulfonamides is 1. The standard InChI is InChI=1S/C13H20N2O3S2/c1-3-12(13(14)19)20(16,17)15-9-8-10-6-4-5-7-11(10)18-2/h4-7,12,15H,3,8-9H2,1-2H3,(H2,14,19). The molecule has 0 heterocycles. The number of benzene rings is 1. The van der Waals surface area contributed by atoms with Gasteiger partial charge in [0.1, 0.15) is 11.0 Å². The molecule has 1 unspecified atom stereocenters. The summed E-state index contributed by atoms with van der Waals surface area (Å²) in [5, 5.41) is -0.824. The summed E-state index contributed by atoms with van der Waals surface area (Å²) in [5.41, 5.74) is 6.40. The zero-order valence-electron chi connectivity index (χ0n) is 11.6. The van der Waals surface area contributed by atoms with E-state index in [0.717, 1.165) is 11.3 Å². The smallest absolute Gasteiger partial charge is 0.221 e. The highest BCUT2D eigenvalue weighted by molar-refractivity contribution is 7.93. The molecule has 0 saturated carbocycles. The first kappa shape index (κ1) is 16.9. The molecule has 3 N–H and O–H groups in total. The van der Waals surface area contributed by atoms with Crippen molar-refractivity contribution < 1.29 is 13.2 Å². The van der Waals surface area contributed by atoms with Gasteiger partial charge < -0.3 is 10.5 Å². The third kappa shape index (κ3) is 4.43. The van der Waals surface area contributed by atoms with Gasteiger partial charge in [0.2, 0.25) is 10.0 Å². The fourth-order valence-electron chi connectivity index (χ4n) is 1.91. The number of nitrogens with one attached hydrogen (secondary N) is 1. The number of methoxy groups -OCH3 is 1. The van der Waals surface area contributed by atoms with Gasteiger partial charge in [-0.3, -0.25) is 0 Å². The Morgan fingerprint density at radius 2 is 2.10 bits per heavy atom. The quantitative estimate of drug-likeness (QED) is 0.705. The monoisotopic (exact) mass is 316 g/mol. The van der Waals surface area contributed by atoms with Gasteiger partial charge in [0, 0.05) is 6.54 Å². The second-order valence-electron chi connectivity index (χ2n) is 4.30. The highest BCUT2D eigenvalue weighted by Gasteiger charge is 2.25. The Hall–Kier alpha value is -1.18. The summed E-state index contributed by atoms with van der Waals surface area (Å²) in [6.07, 6.45) is 0.899. The Kier molecular flexibility index (Phi) is 6.38. The highest BCUT2D eigenvalue weighted by atomic mass is 32.2. The van der Waals surface area contributed by atoms with Gasteiger partial charge in [-0.25, -0.2) is 13.1 Å². The first-order chi connectivity index (χ1) is 9.42. The van der Waals surface area contributed by atoms with E-state index >= 15 is 0 Å². The topological polar surface area (TPSA) is 81.4 Å². The lowest BCUT2D eigenvalue weighted by Gasteiger charge is -2.15. The summed E-state index contributed by atoms with van der Waals surface area (Å²) in [6, 6.07) is 7.49. The molecule has 1 atom stereocenters. The van der Waals surface area contributed by atoms with Crippen molar-refractivity contribution >= 4 is 27.2 Å². The normalized spacial score (nSPS) is 12.9. The molecular formula is C13H20N2O3S2. The third-order valence-electron chi connectivity index (χ3n) is 2.95. The lowest BCUT2D eigenvalue weighted by Crippen LogP contribution is -2.42. The van der Waals surface area contributed by atoms with Crippen molar-refractivity contribution in [1.82, 2.24) is 4.72 Å². The van der Waals surface area contributed by atoms with Gasteiger partial charge in [-0.2, -0.15) is 0 Å². The van der Waals surface area contributed by atoms with Gasteiger partial charge in [-0.1, -0.05) is 37.3 Å². The molecule has 0 amide bonds. The second-order valence-corrected chi connectivity index (χ2v) is 6.72. The minimum Gasteiger partial charge on any atom is -0.496 e. The van der Waals surface area contributed by atoms with Crippen molar-refractivity contribution in [2.24, 2.45) is 5.73 Å². The molecule has 1 rings (SSSR count). The molecule has 0 aliphatic heterocycles. The maximum atomic E-state index is 12.0. The van der Waals surface area contributed by atoms with Crippen LogP contribution in [0.15, 0.2) is 24.3 Å². The van der Waals surface area contributed by atoms with Crippen LogP contribution in [0.5, 0.6) is 5.75 Å². The van der Waals surface area contributed by atoms with E-state index in [1.54, 1.807) is 14.0 Å². The fourth-order valence-corrected chi connectivity index (χ4v) is 3.79. The Labute approximate surface area is 125 Å². The summed E-state index contributed by atoms with van der Waals surface area (Å²) in [4.78, 5) is -0.00251. The predicted octanol–water partition coefficient (Wildman–Crippen LogP) is 1.22. The zero-order chi connectivity index (χ0) is 15.2. The van der Waals surface area contributed by atoms with E-state index in [2.05, 4.69) is 4.72 Å². The highest BCUT2D eigenvalue weighted by Crippen LogP contribution is 2.17. The molecule has 0 bridgehead atoms. The van der Waals surface area contributed by atoms with Gasteiger partial charge in [0.25, 0.3) is 0 Å². The number of hydrogen-bond donors (Lipinski definition) is 2. The van der Waals surface area contributed by atoms with E-state index in [1.165, 1.54) is 0 Å². The SMILES string of the molecule is CCC(C(N)=S)S(=O)(=O)NCCc1ccccc1OC. The van der Waals surface area contributed by atoms with Gasteiger partial charge in [0.15, 0.2) is 0 Å². The first-order valence-electron chi connectivity index (χ1n) is 6.32. The number of nitrogens with two attached hydrogens (primary N) is 1. The molecule has 5 nitrogen and oxygen atoms in total. The molecule has 1 aromatic rings. The third-order valence-corrected chi connectivity index (χ3v) is 5.33. The van der Waals surface area contributed by atoms with Crippen LogP contribution in [-0.4, -0.2) is 32.3 Å². The molecule has 0 fully saturated rings. The molecule has 112 valence electrons. The van der Waals surface area contributed by atoms with Crippen molar-refractivity contribution in [3.05, 3.63) is 29.8 Å². The van der Waals surface area contributed by atoms with Crippen LogP contribution in [0.2, 0.25) is 0 Å². The van der Waals surface area contributed by atoms with Crippen LogP contribution >= 0.6 is 12.2 Å². The molecular weight excluding hydrogens is 296 g/mol. The van der Waals surface area contributed by atoms with Crippen LogP contribution < -0.4 is 15.2 Å². The Morgan fingerprint density at radius 3 is 2.65 bits per heavy atom. The van der Waals surface area contributed by atoms with Gasteiger partial charge in [0.05, 0.1) is 12.1 Å². The Morgan fingerprint density at radius 1 is 1.45 bits per heavy atom. The van der Waals surface area contributed by atoms with E-state index in [9.17, 15) is 8.42 Å². The zero-order valence-corrected chi connectivity index (χ0v) is 13.3. The molecule has 0 radical (unpaired) electrons. The summed E-state index contributed by atoms with van der Waals surface area (Å²) in [6.45, 7) is 2.02. The molecule has 0 saturated heterocycles. The lowest BCUT2D eigenvalue weighted by molar-refractivity contribution is 0.409. The largest absolute Gasteiger partial charge is 0.496 e. The van der Waals surface area contributed by atoms with Crippen molar-refractivity contribution in [1.29, 1.82) is 0 Å².